The van der Waals surface area contributed by atoms with Crippen LogP contribution in [0.15, 0.2) is 54.6 Å². The van der Waals surface area contributed by atoms with E-state index in [1.54, 1.807) is 30.3 Å². The molecule has 0 aromatic heterocycles. The number of piperidine rings is 1. The average molecular weight is 361 g/mol. The first-order valence-corrected chi connectivity index (χ1v) is 7.87. The Balaban J connectivity index is 1.78. The number of carbonyl (C=O) groups excluding carboxylic acids is 3. The summed E-state index contributed by atoms with van der Waals surface area (Å²) in [5, 5.41) is 2.64. The van der Waals surface area contributed by atoms with Crippen molar-refractivity contribution in [3.8, 4) is 0 Å². The van der Waals surface area contributed by atoms with Gasteiger partial charge in [-0.15, -0.1) is 0 Å². The standard InChI is InChI=1S/C19H14F3NO3/c20-19(21,22)13-8-6-12(7-9-13)17(25)16-15(24)10-14(23-18(16)26)11-4-2-1-3-5-11/h1-9,14,16H,10H2,(H,23,26). The highest BCUT2D eigenvalue weighted by Gasteiger charge is 2.41. The molecular weight excluding hydrogens is 347 g/mol. The van der Waals surface area contributed by atoms with Gasteiger partial charge < -0.3 is 5.32 Å². The fourth-order valence-corrected chi connectivity index (χ4v) is 2.91. The quantitative estimate of drug-likeness (QED) is 0.674. The number of alkyl halides is 3. The van der Waals surface area contributed by atoms with Gasteiger partial charge in [0.15, 0.2) is 17.5 Å². The summed E-state index contributed by atoms with van der Waals surface area (Å²) < 4.78 is 37.8. The maximum absolute atomic E-state index is 12.6. The molecule has 4 nitrogen and oxygen atoms in total. The van der Waals surface area contributed by atoms with Gasteiger partial charge in [0, 0.05) is 12.0 Å². The second-order valence-corrected chi connectivity index (χ2v) is 6.01. The highest BCUT2D eigenvalue weighted by atomic mass is 19.4. The summed E-state index contributed by atoms with van der Waals surface area (Å²) >= 11 is 0. The van der Waals surface area contributed by atoms with Crippen LogP contribution in [0.3, 0.4) is 0 Å². The SMILES string of the molecule is O=C1CC(c2ccccc2)NC(=O)C1C(=O)c1ccc(C(F)(F)F)cc1. The molecule has 1 fully saturated rings. The molecule has 0 aliphatic carbocycles. The molecule has 134 valence electrons. The van der Waals surface area contributed by atoms with Gasteiger partial charge in [-0.1, -0.05) is 42.5 Å². The summed E-state index contributed by atoms with van der Waals surface area (Å²) in [7, 11) is 0. The van der Waals surface area contributed by atoms with Crippen LogP contribution in [0.2, 0.25) is 0 Å². The van der Waals surface area contributed by atoms with Crippen molar-refractivity contribution >= 4 is 17.5 Å². The maximum Gasteiger partial charge on any atom is 0.416 e. The van der Waals surface area contributed by atoms with E-state index in [9.17, 15) is 27.6 Å². The minimum absolute atomic E-state index is 0.0488. The Kier molecular flexibility index (Phi) is 4.63. The first-order chi connectivity index (χ1) is 12.3. The molecule has 26 heavy (non-hydrogen) atoms. The molecule has 2 atom stereocenters. The zero-order valence-corrected chi connectivity index (χ0v) is 13.4. The van der Waals surface area contributed by atoms with Crippen LogP contribution in [0, 0.1) is 5.92 Å². The molecule has 7 heteroatoms. The lowest BCUT2D eigenvalue weighted by atomic mass is 9.84. The smallest absolute Gasteiger partial charge is 0.348 e. The number of hydrogen-bond acceptors (Lipinski definition) is 3. The minimum atomic E-state index is -4.53. The summed E-state index contributed by atoms with van der Waals surface area (Å²) in [4.78, 5) is 37.1. The maximum atomic E-state index is 12.6. The van der Waals surface area contributed by atoms with Crippen molar-refractivity contribution < 1.29 is 27.6 Å². The molecule has 1 saturated heterocycles. The number of rotatable bonds is 3. The Morgan fingerprint density at radius 3 is 2.12 bits per heavy atom. The van der Waals surface area contributed by atoms with E-state index in [1.807, 2.05) is 0 Å². The number of amides is 1. The molecular formula is C19H14F3NO3. The first kappa shape index (κ1) is 17.8. The third-order valence-corrected chi connectivity index (χ3v) is 4.27. The van der Waals surface area contributed by atoms with Gasteiger partial charge >= 0.3 is 6.18 Å². The highest BCUT2D eigenvalue weighted by molar-refractivity contribution is 6.24. The van der Waals surface area contributed by atoms with Crippen LogP contribution in [0.5, 0.6) is 0 Å². The normalized spacial score (nSPS) is 20.6. The van der Waals surface area contributed by atoms with Crippen molar-refractivity contribution in [2.24, 2.45) is 5.92 Å². The molecule has 3 rings (SSSR count). The van der Waals surface area contributed by atoms with E-state index in [0.717, 1.165) is 29.8 Å². The van der Waals surface area contributed by atoms with Crippen LogP contribution >= 0.6 is 0 Å². The van der Waals surface area contributed by atoms with Crippen LogP contribution in [-0.4, -0.2) is 17.5 Å². The summed E-state index contributed by atoms with van der Waals surface area (Å²) in [5.41, 5.74) is -0.267. The third kappa shape index (κ3) is 3.51. The molecule has 0 bridgehead atoms. The van der Waals surface area contributed by atoms with Gasteiger partial charge in [0.05, 0.1) is 11.6 Å². The fraction of sp³-hybridized carbons (Fsp3) is 0.211. The first-order valence-electron chi connectivity index (χ1n) is 7.87. The molecule has 1 amide bonds. The molecule has 1 N–H and O–H groups in total. The van der Waals surface area contributed by atoms with Crippen molar-refractivity contribution in [2.45, 2.75) is 18.6 Å². The van der Waals surface area contributed by atoms with Gasteiger partial charge in [0.25, 0.3) is 0 Å². The molecule has 0 spiro atoms. The van der Waals surface area contributed by atoms with Crippen molar-refractivity contribution in [3.05, 3.63) is 71.3 Å². The van der Waals surface area contributed by atoms with Gasteiger partial charge in [0.2, 0.25) is 5.91 Å². The summed E-state index contributed by atoms with van der Waals surface area (Å²) in [6, 6.07) is 11.8. The van der Waals surface area contributed by atoms with Gasteiger partial charge in [0.1, 0.15) is 0 Å². The summed E-state index contributed by atoms with van der Waals surface area (Å²) in [5.74, 6) is -3.62. The van der Waals surface area contributed by atoms with Crippen molar-refractivity contribution in [1.29, 1.82) is 0 Å². The van der Waals surface area contributed by atoms with Crippen LogP contribution in [0.1, 0.15) is 33.9 Å². The highest BCUT2D eigenvalue weighted by Crippen LogP contribution is 2.30. The van der Waals surface area contributed by atoms with Gasteiger partial charge in [-0.2, -0.15) is 13.2 Å². The number of carbonyl (C=O) groups is 3. The van der Waals surface area contributed by atoms with Gasteiger partial charge in [-0.05, 0) is 17.7 Å². The van der Waals surface area contributed by atoms with Gasteiger partial charge in [-0.25, -0.2) is 0 Å². The lowest BCUT2D eigenvalue weighted by Gasteiger charge is -2.27. The molecule has 2 aromatic carbocycles. The number of Topliss-reactive ketones (excluding diaryl/α,β-unsaturated/α-hetero) is 2. The van der Waals surface area contributed by atoms with E-state index in [0.29, 0.717) is 0 Å². The Morgan fingerprint density at radius 2 is 1.58 bits per heavy atom. The Bertz CT molecular complexity index is 827. The monoisotopic (exact) mass is 361 g/mol. The van der Waals surface area contributed by atoms with Crippen molar-refractivity contribution in [3.63, 3.8) is 0 Å². The second kappa shape index (κ2) is 6.74. The van der Waals surface area contributed by atoms with E-state index in [1.165, 1.54) is 0 Å². The lowest BCUT2D eigenvalue weighted by molar-refractivity contribution is -0.138. The van der Waals surface area contributed by atoms with Crippen LogP contribution in [0.4, 0.5) is 13.2 Å². The minimum Gasteiger partial charge on any atom is -0.348 e. The largest absolute Gasteiger partial charge is 0.416 e. The summed E-state index contributed by atoms with van der Waals surface area (Å²) in [6.07, 6.45) is -4.57. The number of ketones is 2. The van der Waals surface area contributed by atoms with E-state index >= 15 is 0 Å². The third-order valence-electron chi connectivity index (χ3n) is 4.27. The number of nitrogens with one attached hydrogen (secondary N) is 1. The molecule has 0 saturated carbocycles. The number of halogens is 3. The predicted molar refractivity (Wildman–Crippen MR) is 86.2 cm³/mol. The zero-order chi connectivity index (χ0) is 18.9. The van der Waals surface area contributed by atoms with E-state index in [2.05, 4.69) is 5.32 Å². The van der Waals surface area contributed by atoms with Crippen LogP contribution < -0.4 is 5.32 Å². The lowest BCUT2D eigenvalue weighted by Crippen LogP contribution is -2.47. The average Bonchev–Trinajstić information content (AvgIpc) is 2.61. The van der Waals surface area contributed by atoms with Crippen LogP contribution in [0.25, 0.3) is 0 Å². The topological polar surface area (TPSA) is 63.2 Å². The Morgan fingerprint density at radius 1 is 0.962 bits per heavy atom. The summed E-state index contributed by atoms with van der Waals surface area (Å²) in [6.45, 7) is 0. The van der Waals surface area contributed by atoms with Crippen LogP contribution in [-0.2, 0) is 15.8 Å². The van der Waals surface area contributed by atoms with E-state index in [4.69, 9.17) is 0 Å². The van der Waals surface area contributed by atoms with E-state index in [-0.39, 0.29) is 12.0 Å². The molecule has 1 aliphatic rings. The number of benzene rings is 2. The molecule has 1 aliphatic heterocycles. The number of hydrogen-bond donors (Lipinski definition) is 1. The van der Waals surface area contributed by atoms with Crippen molar-refractivity contribution in [1.82, 2.24) is 5.32 Å². The Labute approximate surface area is 147 Å². The van der Waals surface area contributed by atoms with Crippen molar-refractivity contribution in [2.75, 3.05) is 0 Å². The van der Waals surface area contributed by atoms with E-state index < -0.39 is 41.2 Å². The fourth-order valence-electron chi connectivity index (χ4n) is 2.91. The molecule has 1 heterocycles. The zero-order valence-electron chi connectivity index (χ0n) is 13.4. The molecule has 2 unspecified atom stereocenters. The Hall–Kier alpha value is -2.96. The predicted octanol–water partition coefficient (Wildman–Crippen LogP) is 3.33. The second-order valence-electron chi connectivity index (χ2n) is 6.01. The molecule has 0 radical (unpaired) electrons. The van der Waals surface area contributed by atoms with Gasteiger partial charge in [-0.3, -0.25) is 14.4 Å². The molecule has 2 aromatic rings.